The smallest absolute Gasteiger partial charge is 0.229 e. The van der Waals surface area contributed by atoms with Crippen LogP contribution in [0.15, 0.2) is 0 Å². The highest BCUT2D eigenvalue weighted by Gasteiger charge is 2.09. The molecule has 84 valence electrons. The molecule has 0 aromatic carbocycles. The van der Waals surface area contributed by atoms with Gasteiger partial charge in [0.2, 0.25) is 6.54 Å². The first-order valence-electron chi connectivity index (χ1n) is 5.46. The topological polar surface area (TPSA) is 63.4 Å². The summed E-state index contributed by atoms with van der Waals surface area (Å²) in [6, 6.07) is 0. The molecule has 0 heterocycles. The van der Waals surface area contributed by atoms with Crippen molar-refractivity contribution in [2.45, 2.75) is 58.0 Å². The molecule has 0 rings (SSSR count). The van der Waals surface area contributed by atoms with Crippen molar-refractivity contribution in [3.05, 3.63) is 10.1 Å². The molecule has 0 fully saturated rings. The van der Waals surface area contributed by atoms with E-state index in [-0.39, 0.29) is 6.54 Å². The monoisotopic (exact) mass is 203 g/mol. The summed E-state index contributed by atoms with van der Waals surface area (Å²) in [4.78, 5) is 9.57. The molecular weight excluding hydrogens is 182 g/mol. The maximum Gasteiger partial charge on any atom is 0.229 e. The second kappa shape index (κ2) is 8.94. The molecule has 0 bridgehead atoms. The van der Waals surface area contributed by atoms with E-state index in [1.54, 1.807) is 0 Å². The number of nitro groups is 1. The largest absolute Gasteiger partial charge is 0.386 e. The normalized spacial score (nSPS) is 12.7. The van der Waals surface area contributed by atoms with Gasteiger partial charge >= 0.3 is 0 Å². The van der Waals surface area contributed by atoms with Crippen molar-refractivity contribution >= 4 is 0 Å². The van der Waals surface area contributed by atoms with Crippen molar-refractivity contribution in [3.63, 3.8) is 0 Å². The lowest BCUT2D eigenvalue weighted by atomic mass is 10.1. The molecule has 0 aliphatic carbocycles. The highest BCUT2D eigenvalue weighted by Crippen LogP contribution is 2.08. The van der Waals surface area contributed by atoms with Crippen LogP contribution in [0.1, 0.15) is 51.9 Å². The first-order valence-corrected chi connectivity index (χ1v) is 5.46. The van der Waals surface area contributed by atoms with E-state index >= 15 is 0 Å². The van der Waals surface area contributed by atoms with E-state index in [9.17, 15) is 15.2 Å². The molecule has 4 nitrogen and oxygen atoms in total. The zero-order chi connectivity index (χ0) is 10.8. The average Bonchev–Trinajstić information content (AvgIpc) is 2.10. The second-order valence-electron chi connectivity index (χ2n) is 3.73. The van der Waals surface area contributed by atoms with Crippen molar-refractivity contribution < 1.29 is 10.0 Å². The molecule has 1 atom stereocenters. The lowest BCUT2D eigenvalue weighted by Gasteiger charge is -2.05. The number of rotatable bonds is 9. The second-order valence-corrected chi connectivity index (χ2v) is 3.73. The van der Waals surface area contributed by atoms with Crippen LogP contribution >= 0.6 is 0 Å². The van der Waals surface area contributed by atoms with Gasteiger partial charge < -0.3 is 5.11 Å². The highest BCUT2D eigenvalue weighted by molar-refractivity contribution is 4.54. The maximum atomic E-state index is 10.0. The summed E-state index contributed by atoms with van der Waals surface area (Å²) in [6.45, 7) is 1.86. The zero-order valence-electron chi connectivity index (χ0n) is 8.95. The van der Waals surface area contributed by atoms with Crippen molar-refractivity contribution in [3.8, 4) is 0 Å². The van der Waals surface area contributed by atoms with Crippen LogP contribution in [-0.4, -0.2) is 22.7 Å². The number of unbranched alkanes of at least 4 members (excludes halogenated alkanes) is 5. The fraction of sp³-hybridized carbons (Fsp3) is 1.00. The molecule has 0 saturated heterocycles. The molecule has 0 spiro atoms. The van der Waals surface area contributed by atoms with Gasteiger partial charge in [-0.1, -0.05) is 45.4 Å². The SMILES string of the molecule is CCCCCCCCC(O)C[N+](=O)[O-]. The molecule has 0 aromatic rings. The molecule has 1 N–H and O–H groups in total. The Morgan fingerprint density at radius 3 is 2.36 bits per heavy atom. The minimum absolute atomic E-state index is 0.311. The lowest BCUT2D eigenvalue weighted by Crippen LogP contribution is -2.18. The van der Waals surface area contributed by atoms with Crippen LogP contribution in [0.25, 0.3) is 0 Å². The van der Waals surface area contributed by atoms with E-state index < -0.39 is 11.0 Å². The molecular formula is C10H21NO3. The molecule has 0 saturated carbocycles. The van der Waals surface area contributed by atoms with Crippen LogP contribution in [-0.2, 0) is 0 Å². The van der Waals surface area contributed by atoms with Gasteiger partial charge in [-0.15, -0.1) is 0 Å². The van der Waals surface area contributed by atoms with Gasteiger partial charge in [0.1, 0.15) is 6.10 Å². The van der Waals surface area contributed by atoms with Gasteiger partial charge in [0.25, 0.3) is 0 Å². The van der Waals surface area contributed by atoms with Crippen molar-refractivity contribution in [2.24, 2.45) is 0 Å². The van der Waals surface area contributed by atoms with Crippen molar-refractivity contribution in [1.82, 2.24) is 0 Å². The summed E-state index contributed by atoms with van der Waals surface area (Å²) in [6.07, 6.45) is 6.69. The minimum Gasteiger partial charge on any atom is -0.386 e. The van der Waals surface area contributed by atoms with Gasteiger partial charge in [-0.3, -0.25) is 10.1 Å². The quantitative estimate of drug-likeness (QED) is 0.355. The van der Waals surface area contributed by atoms with Gasteiger partial charge in [0.05, 0.1) is 0 Å². The van der Waals surface area contributed by atoms with E-state index in [1.807, 2.05) is 0 Å². The first kappa shape index (κ1) is 13.4. The third-order valence-corrected chi connectivity index (χ3v) is 2.25. The highest BCUT2D eigenvalue weighted by atomic mass is 16.6. The molecule has 0 amide bonds. The van der Waals surface area contributed by atoms with Crippen LogP contribution < -0.4 is 0 Å². The van der Waals surface area contributed by atoms with Crippen molar-refractivity contribution in [2.75, 3.05) is 6.54 Å². The first-order chi connectivity index (χ1) is 6.66. The van der Waals surface area contributed by atoms with Gasteiger partial charge in [0, 0.05) is 4.92 Å². The minimum atomic E-state index is -0.754. The Morgan fingerprint density at radius 2 is 1.79 bits per heavy atom. The van der Waals surface area contributed by atoms with Gasteiger partial charge in [-0.2, -0.15) is 0 Å². The Labute approximate surface area is 85.5 Å². The van der Waals surface area contributed by atoms with Crippen LogP contribution in [0.4, 0.5) is 0 Å². The van der Waals surface area contributed by atoms with E-state index in [0.29, 0.717) is 6.42 Å². The molecule has 1 unspecified atom stereocenters. The third-order valence-electron chi connectivity index (χ3n) is 2.25. The summed E-state index contributed by atoms with van der Waals surface area (Å²) in [5.74, 6) is 0. The van der Waals surface area contributed by atoms with E-state index in [1.165, 1.54) is 25.7 Å². The number of hydrogen-bond donors (Lipinski definition) is 1. The fourth-order valence-corrected chi connectivity index (χ4v) is 1.42. The predicted octanol–water partition coefficient (Wildman–Crippen LogP) is 2.37. The lowest BCUT2D eigenvalue weighted by molar-refractivity contribution is -0.490. The van der Waals surface area contributed by atoms with Crippen LogP contribution in [0.3, 0.4) is 0 Å². The van der Waals surface area contributed by atoms with Crippen LogP contribution in [0.5, 0.6) is 0 Å². The summed E-state index contributed by atoms with van der Waals surface area (Å²) >= 11 is 0. The summed E-state index contributed by atoms with van der Waals surface area (Å²) in [7, 11) is 0. The van der Waals surface area contributed by atoms with Crippen LogP contribution in [0, 0.1) is 10.1 Å². The maximum absolute atomic E-state index is 10.0. The Balaban J connectivity index is 3.14. The molecule has 0 radical (unpaired) electrons. The number of aliphatic hydroxyl groups excluding tert-OH is 1. The number of hydrogen-bond acceptors (Lipinski definition) is 3. The Kier molecular flexibility index (Phi) is 8.53. The molecule has 0 aromatic heterocycles. The summed E-state index contributed by atoms with van der Waals surface area (Å²) in [5.41, 5.74) is 0. The average molecular weight is 203 g/mol. The number of nitrogens with zero attached hydrogens (tertiary/aromatic N) is 1. The zero-order valence-corrected chi connectivity index (χ0v) is 8.95. The Hall–Kier alpha value is -0.640. The summed E-state index contributed by atoms with van der Waals surface area (Å²) in [5, 5.41) is 19.2. The van der Waals surface area contributed by atoms with E-state index in [0.717, 1.165) is 12.8 Å². The molecule has 14 heavy (non-hydrogen) atoms. The fourth-order valence-electron chi connectivity index (χ4n) is 1.42. The van der Waals surface area contributed by atoms with Crippen molar-refractivity contribution in [1.29, 1.82) is 0 Å². The van der Waals surface area contributed by atoms with Gasteiger partial charge in [0.15, 0.2) is 0 Å². The molecule has 0 aliphatic rings. The van der Waals surface area contributed by atoms with Gasteiger partial charge in [-0.05, 0) is 6.42 Å². The van der Waals surface area contributed by atoms with Gasteiger partial charge in [-0.25, -0.2) is 0 Å². The van der Waals surface area contributed by atoms with E-state index in [2.05, 4.69) is 6.92 Å². The Morgan fingerprint density at radius 1 is 1.21 bits per heavy atom. The third kappa shape index (κ3) is 9.45. The molecule has 4 heteroatoms. The Bertz CT molecular complexity index is 150. The summed E-state index contributed by atoms with van der Waals surface area (Å²) < 4.78 is 0. The van der Waals surface area contributed by atoms with E-state index in [4.69, 9.17) is 0 Å². The van der Waals surface area contributed by atoms with Crippen LogP contribution in [0.2, 0.25) is 0 Å². The number of aliphatic hydroxyl groups is 1. The molecule has 0 aliphatic heterocycles. The standard InChI is InChI=1S/C10H21NO3/c1-2-3-4-5-6-7-8-10(12)9-11(13)14/h10,12H,2-9H2,1H3. The predicted molar refractivity (Wildman–Crippen MR) is 55.9 cm³/mol.